The molecule has 0 amide bonds. The number of aromatic nitrogens is 3. The fourth-order valence-electron chi connectivity index (χ4n) is 2.52. The molecule has 1 atom stereocenters. The second-order valence-corrected chi connectivity index (χ2v) is 4.81. The van der Waals surface area contributed by atoms with Crippen molar-refractivity contribution in [2.24, 2.45) is 12.5 Å². The Morgan fingerprint density at radius 2 is 2.47 bits per heavy atom. The molecule has 0 bridgehead atoms. The third-order valence-electron chi connectivity index (χ3n) is 3.86. The van der Waals surface area contributed by atoms with Gasteiger partial charge in [-0.3, -0.25) is 9.48 Å². The van der Waals surface area contributed by atoms with Crippen molar-refractivity contribution in [2.75, 3.05) is 13.1 Å². The molecule has 17 heavy (non-hydrogen) atoms. The Bertz CT molecular complexity index is 393. The average molecular weight is 236 g/mol. The Kier molecular flexibility index (Phi) is 3.57. The van der Waals surface area contributed by atoms with E-state index >= 15 is 0 Å². The first-order valence-corrected chi connectivity index (χ1v) is 6.25. The van der Waals surface area contributed by atoms with Gasteiger partial charge in [0.15, 0.2) is 0 Å². The molecule has 1 aromatic rings. The van der Waals surface area contributed by atoms with Gasteiger partial charge >= 0.3 is 0 Å². The number of aryl methyl sites for hydroxylation is 1. The van der Waals surface area contributed by atoms with Crippen molar-refractivity contribution in [2.45, 2.75) is 32.6 Å². The number of rotatable bonds is 4. The van der Waals surface area contributed by atoms with Gasteiger partial charge in [-0.2, -0.15) is 5.10 Å². The Labute approximate surface area is 102 Å². The summed E-state index contributed by atoms with van der Waals surface area (Å²) < 4.78 is 1.68. The second-order valence-electron chi connectivity index (χ2n) is 4.81. The van der Waals surface area contributed by atoms with Crippen molar-refractivity contribution in [3.05, 3.63) is 12.2 Å². The van der Waals surface area contributed by atoms with E-state index in [1.165, 1.54) is 6.33 Å². The van der Waals surface area contributed by atoms with Crippen LogP contribution in [0, 0.1) is 5.41 Å². The number of nitrogens with zero attached hydrogens (tertiary/aromatic N) is 3. The lowest BCUT2D eigenvalue weighted by Crippen LogP contribution is -2.46. The molecule has 2 heterocycles. The molecule has 1 N–H and O–H groups in total. The van der Waals surface area contributed by atoms with E-state index in [-0.39, 0.29) is 5.41 Å². The molecule has 2 rings (SSSR count). The molecule has 0 radical (unpaired) electrons. The highest BCUT2D eigenvalue weighted by molar-refractivity contribution is 5.86. The van der Waals surface area contributed by atoms with Crippen LogP contribution in [0.3, 0.4) is 0 Å². The minimum Gasteiger partial charge on any atom is -0.316 e. The molecule has 1 aliphatic heterocycles. The van der Waals surface area contributed by atoms with E-state index in [0.29, 0.717) is 12.2 Å². The molecule has 1 fully saturated rings. The van der Waals surface area contributed by atoms with Crippen molar-refractivity contribution in [1.82, 2.24) is 20.1 Å². The van der Waals surface area contributed by atoms with Crippen LogP contribution in [0.15, 0.2) is 6.33 Å². The maximum Gasteiger partial charge on any atom is 0.147 e. The highest BCUT2D eigenvalue weighted by Crippen LogP contribution is 2.32. The quantitative estimate of drug-likeness (QED) is 0.836. The number of hydrogen-bond donors (Lipinski definition) is 1. The molecule has 5 nitrogen and oxygen atoms in total. The summed E-state index contributed by atoms with van der Waals surface area (Å²) in [6.45, 7) is 3.93. The van der Waals surface area contributed by atoms with E-state index in [9.17, 15) is 4.79 Å². The lowest BCUT2D eigenvalue weighted by molar-refractivity contribution is -0.129. The zero-order valence-electron chi connectivity index (χ0n) is 10.6. The van der Waals surface area contributed by atoms with Gasteiger partial charge in [0.1, 0.15) is 17.9 Å². The number of nitrogens with one attached hydrogen (secondary N) is 1. The van der Waals surface area contributed by atoms with Crippen LogP contribution in [0.5, 0.6) is 0 Å². The minimum atomic E-state index is -0.190. The van der Waals surface area contributed by atoms with Gasteiger partial charge in [0.05, 0.1) is 6.42 Å². The summed E-state index contributed by atoms with van der Waals surface area (Å²) in [6, 6.07) is 0. The van der Waals surface area contributed by atoms with Crippen LogP contribution in [-0.2, 0) is 18.3 Å². The summed E-state index contributed by atoms with van der Waals surface area (Å²) in [7, 11) is 1.83. The molecular formula is C12H20N4O. The minimum absolute atomic E-state index is 0.190. The fourth-order valence-corrected chi connectivity index (χ4v) is 2.52. The van der Waals surface area contributed by atoms with E-state index in [1.807, 2.05) is 7.05 Å². The zero-order valence-corrected chi connectivity index (χ0v) is 10.6. The van der Waals surface area contributed by atoms with Crippen LogP contribution >= 0.6 is 0 Å². The van der Waals surface area contributed by atoms with Crippen LogP contribution in [0.25, 0.3) is 0 Å². The molecule has 1 saturated heterocycles. The Morgan fingerprint density at radius 3 is 3.00 bits per heavy atom. The first kappa shape index (κ1) is 12.2. The number of carbonyl (C=O) groups is 1. The average Bonchev–Trinajstić information content (AvgIpc) is 2.76. The molecule has 94 valence electrons. The molecule has 0 aliphatic carbocycles. The van der Waals surface area contributed by atoms with Gasteiger partial charge in [-0.25, -0.2) is 4.98 Å². The third kappa shape index (κ3) is 2.39. The summed E-state index contributed by atoms with van der Waals surface area (Å²) >= 11 is 0. The maximum absolute atomic E-state index is 12.4. The molecule has 0 saturated carbocycles. The number of ketones is 1. The predicted molar refractivity (Wildman–Crippen MR) is 64.5 cm³/mol. The number of piperidine rings is 1. The predicted octanol–water partition coefficient (Wildman–Crippen LogP) is 0.706. The highest BCUT2D eigenvalue weighted by atomic mass is 16.1. The molecule has 1 aromatic heterocycles. The third-order valence-corrected chi connectivity index (χ3v) is 3.86. The van der Waals surface area contributed by atoms with Crippen molar-refractivity contribution in [1.29, 1.82) is 0 Å². The Hall–Kier alpha value is -1.23. The first-order chi connectivity index (χ1) is 8.18. The molecule has 0 spiro atoms. The lowest BCUT2D eigenvalue weighted by Gasteiger charge is -2.35. The molecular weight excluding hydrogens is 216 g/mol. The summed E-state index contributed by atoms with van der Waals surface area (Å²) in [4.78, 5) is 16.6. The molecule has 1 unspecified atom stereocenters. The number of carbonyl (C=O) groups excluding carboxylic acids is 1. The number of Topliss-reactive ketones (excluding diaryl/α,β-unsaturated/α-hetero) is 1. The van der Waals surface area contributed by atoms with Gasteiger partial charge in [-0.1, -0.05) is 6.92 Å². The van der Waals surface area contributed by atoms with Crippen molar-refractivity contribution < 1.29 is 4.79 Å². The standard InChI is InChI=1S/C12H20N4O/c1-3-12(5-4-6-13-8-12)10(17)7-11-14-9-15-16(11)2/h9,13H,3-8H2,1-2H3. The van der Waals surface area contributed by atoms with E-state index in [4.69, 9.17) is 0 Å². The molecule has 5 heteroatoms. The Balaban J connectivity index is 2.10. The lowest BCUT2D eigenvalue weighted by atomic mass is 9.74. The zero-order chi connectivity index (χ0) is 12.3. The van der Waals surface area contributed by atoms with Crippen molar-refractivity contribution >= 4 is 5.78 Å². The van der Waals surface area contributed by atoms with Crippen LogP contribution < -0.4 is 5.32 Å². The van der Waals surface area contributed by atoms with Gasteiger partial charge in [0.25, 0.3) is 0 Å². The van der Waals surface area contributed by atoms with Gasteiger partial charge in [-0.15, -0.1) is 0 Å². The van der Waals surface area contributed by atoms with E-state index in [0.717, 1.165) is 38.2 Å². The summed E-state index contributed by atoms with van der Waals surface area (Å²) in [5.41, 5.74) is -0.190. The fraction of sp³-hybridized carbons (Fsp3) is 0.750. The van der Waals surface area contributed by atoms with Crippen LogP contribution in [0.4, 0.5) is 0 Å². The van der Waals surface area contributed by atoms with Gasteiger partial charge in [-0.05, 0) is 25.8 Å². The molecule has 0 aromatic carbocycles. The SMILES string of the molecule is CCC1(C(=O)Cc2ncnn2C)CCCNC1. The van der Waals surface area contributed by atoms with Gasteiger partial charge < -0.3 is 5.32 Å². The van der Waals surface area contributed by atoms with E-state index in [2.05, 4.69) is 22.3 Å². The number of hydrogen-bond acceptors (Lipinski definition) is 4. The topological polar surface area (TPSA) is 59.8 Å². The highest BCUT2D eigenvalue weighted by Gasteiger charge is 2.37. The van der Waals surface area contributed by atoms with Crippen molar-refractivity contribution in [3.8, 4) is 0 Å². The van der Waals surface area contributed by atoms with E-state index in [1.54, 1.807) is 4.68 Å². The van der Waals surface area contributed by atoms with E-state index < -0.39 is 0 Å². The summed E-state index contributed by atoms with van der Waals surface area (Å²) in [5, 5.41) is 7.34. The Morgan fingerprint density at radius 1 is 1.65 bits per heavy atom. The summed E-state index contributed by atoms with van der Waals surface area (Å²) in [5.74, 6) is 1.05. The van der Waals surface area contributed by atoms with Crippen LogP contribution in [0.2, 0.25) is 0 Å². The van der Waals surface area contributed by atoms with Crippen molar-refractivity contribution in [3.63, 3.8) is 0 Å². The largest absolute Gasteiger partial charge is 0.316 e. The molecule has 1 aliphatic rings. The maximum atomic E-state index is 12.4. The monoisotopic (exact) mass is 236 g/mol. The van der Waals surface area contributed by atoms with Gasteiger partial charge in [0.2, 0.25) is 0 Å². The second kappa shape index (κ2) is 4.96. The smallest absolute Gasteiger partial charge is 0.147 e. The van der Waals surface area contributed by atoms with Crippen LogP contribution in [-0.4, -0.2) is 33.6 Å². The normalized spacial score (nSPS) is 24.8. The van der Waals surface area contributed by atoms with Crippen LogP contribution in [0.1, 0.15) is 32.0 Å². The van der Waals surface area contributed by atoms with Gasteiger partial charge in [0, 0.05) is 19.0 Å². The summed E-state index contributed by atoms with van der Waals surface area (Å²) in [6.07, 6.45) is 4.87. The first-order valence-electron chi connectivity index (χ1n) is 6.25.